The molecule has 2 aliphatic heterocycles. The standard InChI is InChI=1S/C78H120N12O17S/c1-14-50(8)71(64(105-12)43-67(96)89-38-24-28-59(89)72(106-13)51(9)61(92)41-55(76(101)102)39-52-25-17-15-18-26-52)87(10)74(99)57(47(2)3)42-63(94)70(49(6)7)88(11)78(104)107-45-53-31-33-56(34-32-53)84-73(98)54(27-23-35-82-77(80)103)40-62(93)69(48(4)5)85-66(95)30-19-16-22-37-90-68(97)44-65(75(90)100)108-46-58(79)60(91)29-20-21-36-83-86-81/h15,17-18,25-26,31-34,47-51,54-55,57-59,64-65,69-72H,14,16,19-24,27-30,35-46,79H2,1-13H3,(H,84,98)(H,85,95)(H,101,102)(H3,80,82,103)/t50-,51-,54+,55+,57-,58?,59-,64+,65?,69-,70-,71-,72+/m0/s1. The van der Waals surface area contributed by atoms with Crippen LogP contribution in [0.15, 0.2) is 59.7 Å². The Morgan fingerprint density at radius 3 is 2.03 bits per heavy atom. The van der Waals surface area contributed by atoms with Crippen molar-refractivity contribution < 1.29 is 81.6 Å². The lowest BCUT2D eigenvalue weighted by Crippen LogP contribution is -2.54. The summed E-state index contributed by atoms with van der Waals surface area (Å²) in [5, 5.41) is 21.1. The third kappa shape index (κ3) is 28.9. The van der Waals surface area contributed by atoms with Crippen molar-refractivity contribution in [3.05, 3.63) is 76.2 Å². The first-order chi connectivity index (χ1) is 51.2. The van der Waals surface area contributed by atoms with Crippen LogP contribution in [0.25, 0.3) is 10.4 Å². The Labute approximate surface area is 640 Å². The van der Waals surface area contributed by atoms with E-state index in [1.54, 1.807) is 75.7 Å². The minimum Gasteiger partial charge on any atom is -0.481 e. The predicted molar refractivity (Wildman–Crippen MR) is 410 cm³/mol. The van der Waals surface area contributed by atoms with Gasteiger partial charge >= 0.3 is 18.1 Å². The molecular weight excluding hydrogens is 1410 g/mol. The van der Waals surface area contributed by atoms with Gasteiger partial charge in [0.1, 0.15) is 18.2 Å². The fraction of sp³-hybridized carbons (Fsp3) is 0.679. The summed E-state index contributed by atoms with van der Waals surface area (Å²) in [6.45, 7) is 17.2. The van der Waals surface area contributed by atoms with Gasteiger partial charge in [0.05, 0.1) is 60.0 Å². The van der Waals surface area contributed by atoms with Crippen molar-refractivity contribution in [3.8, 4) is 0 Å². The van der Waals surface area contributed by atoms with Gasteiger partial charge in [-0.1, -0.05) is 123 Å². The summed E-state index contributed by atoms with van der Waals surface area (Å²) in [6, 6.07) is 11.0. The molecule has 2 aromatic carbocycles. The van der Waals surface area contributed by atoms with Gasteiger partial charge in [0.15, 0.2) is 11.6 Å². The van der Waals surface area contributed by atoms with Gasteiger partial charge in [-0.15, -0.1) is 11.8 Å². The Bertz CT molecular complexity index is 3370. The summed E-state index contributed by atoms with van der Waals surface area (Å²) >= 11 is 1.17. The predicted octanol–water partition coefficient (Wildman–Crippen LogP) is 9.24. The lowest BCUT2D eigenvalue weighted by atomic mass is 9.83. The normalized spacial score (nSPS) is 17.5. The number of aliphatic carboxylic acids is 1. The molecule has 0 spiro atoms. The molecule has 29 nitrogen and oxygen atoms in total. The van der Waals surface area contributed by atoms with Crippen LogP contribution in [0.3, 0.4) is 0 Å². The molecule has 0 saturated carbocycles. The number of rotatable bonds is 51. The molecule has 2 saturated heterocycles. The number of nitrogens with zero attached hydrogens (tertiary/aromatic N) is 7. The van der Waals surface area contributed by atoms with Crippen LogP contribution in [-0.4, -0.2) is 209 Å². The second-order valence-electron chi connectivity index (χ2n) is 29.8. The highest BCUT2D eigenvalue weighted by molar-refractivity contribution is 8.00. The van der Waals surface area contributed by atoms with Crippen LogP contribution in [0, 0.1) is 47.3 Å². The topological polar surface area (TPSA) is 420 Å². The van der Waals surface area contributed by atoms with E-state index in [0.29, 0.717) is 69.2 Å². The Kier molecular flexibility index (Phi) is 40.0. The number of amides is 9. The summed E-state index contributed by atoms with van der Waals surface area (Å²) in [4.78, 5) is 184. The fourth-order valence-electron chi connectivity index (χ4n) is 14.3. The van der Waals surface area contributed by atoms with Crippen LogP contribution >= 0.6 is 11.8 Å². The monoisotopic (exact) mass is 1530 g/mol. The van der Waals surface area contributed by atoms with Crippen molar-refractivity contribution in [2.45, 2.75) is 232 Å². The molecule has 0 aromatic heterocycles. The van der Waals surface area contributed by atoms with Crippen LogP contribution in [0.1, 0.15) is 183 Å². The van der Waals surface area contributed by atoms with E-state index in [0.717, 1.165) is 5.56 Å². The molecule has 2 unspecified atom stereocenters. The molecule has 2 aliphatic rings. The number of likely N-dealkylation sites (tertiary alicyclic amines) is 2. The molecule has 0 aliphatic carbocycles. The number of carbonyl (C=O) groups excluding carboxylic acids is 12. The van der Waals surface area contributed by atoms with Gasteiger partial charge in [0.25, 0.3) is 0 Å². The van der Waals surface area contributed by atoms with Gasteiger partial charge in [-0.2, -0.15) is 0 Å². The number of carboxylic acids is 1. The highest BCUT2D eigenvalue weighted by Crippen LogP contribution is 2.34. The summed E-state index contributed by atoms with van der Waals surface area (Å²) in [7, 11) is 6.10. The van der Waals surface area contributed by atoms with E-state index < -0.39 is 107 Å². The number of Topliss-reactive ketones (excluding diaryl/α,β-unsaturated/α-hetero) is 4. The van der Waals surface area contributed by atoms with Crippen molar-refractivity contribution in [2.24, 2.45) is 63.9 Å². The van der Waals surface area contributed by atoms with Crippen LogP contribution in [-0.2, 0) is 80.0 Å². The number of imide groups is 1. The minimum absolute atomic E-state index is 0.00695. The molecular formula is C78H120N12O17S. The number of likely N-dealkylation sites (N-methyl/N-ethyl adjacent to an activating group) is 2. The van der Waals surface area contributed by atoms with E-state index in [1.807, 2.05) is 58.0 Å². The third-order valence-corrected chi connectivity index (χ3v) is 22.1. The van der Waals surface area contributed by atoms with Crippen LogP contribution < -0.4 is 27.4 Å². The number of anilines is 1. The number of carbonyl (C=O) groups is 13. The summed E-state index contributed by atoms with van der Waals surface area (Å²) in [6.07, 6.45) is 2.06. The number of urea groups is 1. The number of nitrogens with one attached hydrogen (secondary N) is 3. The van der Waals surface area contributed by atoms with Gasteiger partial charge in [-0.3, -0.25) is 57.6 Å². The molecule has 30 heteroatoms. The maximum atomic E-state index is 14.9. The molecule has 2 fully saturated rings. The Morgan fingerprint density at radius 1 is 0.759 bits per heavy atom. The molecule has 9 amide bonds. The van der Waals surface area contributed by atoms with E-state index in [4.69, 9.17) is 31.2 Å². The number of nitrogens with two attached hydrogens (primary N) is 2. The van der Waals surface area contributed by atoms with Gasteiger partial charge < -0.3 is 61.4 Å². The van der Waals surface area contributed by atoms with Crippen molar-refractivity contribution in [1.29, 1.82) is 0 Å². The molecule has 108 heavy (non-hydrogen) atoms. The molecule has 0 radical (unpaired) electrons. The van der Waals surface area contributed by atoms with Gasteiger partial charge in [0, 0.05) is 127 Å². The number of carboxylic acid groups (broad SMARTS) is 1. The number of methoxy groups -OCH3 is 2. The summed E-state index contributed by atoms with van der Waals surface area (Å²) in [5.41, 5.74) is 21.5. The Balaban J connectivity index is 1.34. The number of ketones is 4. The van der Waals surface area contributed by atoms with E-state index >= 15 is 0 Å². The molecule has 8 N–H and O–H groups in total. The van der Waals surface area contributed by atoms with E-state index in [2.05, 4.69) is 26.0 Å². The molecule has 0 bridgehead atoms. The summed E-state index contributed by atoms with van der Waals surface area (Å²) < 4.78 is 17.8. The van der Waals surface area contributed by atoms with Gasteiger partial charge in [-0.05, 0) is 110 Å². The molecule has 2 aromatic rings. The Hall–Kier alpha value is -8.31. The number of hydrogen-bond acceptors (Lipinski definition) is 19. The number of ether oxygens (including phenoxy) is 3. The van der Waals surface area contributed by atoms with E-state index in [-0.39, 0.29) is 161 Å². The molecule has 600 valence electrons. The number of azide groups is 1. The minimum atomic E-state index is -1.07. The second kappa shape index (κ2) is 46.9. The SMILES string of the molecule is CC[C@H](C)[C@@H]([C@@H](CC(=O)N1CCC[C@H]1[C@H](OC)[C@@H](C)C(=O)C[C@@H](Cc1ccccc1)C(=O)O)OC)N(C)C(=O)[C@@H](CC(=O)[C@H](C(C)C)N(C)C(=O)OCc1ccc(NC(=O)[C@H](CCCNC(N)=O)CC(=O)[C@@H](NC(=O)CCCCCN2C(=O)CC(SCC(N)C(=O)CCCCN=[N+]=[N-])C2=O)C(C)C)cc1)C(C)C. The zero-order valence-corrected chi connectivity index (χ0v) is 66.4. The highest BCUT2D eigenvalue weighted by atomic mass is 32.2. The van der Waals surface area contributed by atoms with Crippen molar-refractivity contribution in [3.63, 3.8) is 0 Å². The third-order valence-electron chi connectivity index (χ3n) is 20.8. The number of benzene rings is 2. The van der Waals surface area contributed by atoms with Gasteiger partial charge in [-0.25, -0.2) is 9.59 Å². The zero-order chi connectivity index (χ0) is 80.5. The maximum Gasteiger partial charge on any atom is 0.410 e. The van der Waals surface area contributed by atoms with E-state index in [1.165, 1.54) is 42.8 Å². The van der Waals surface area contributed by atoms with Crippen LogP contribution in [0.5, 0.6) is 0 Å². The fourth-order valence-corrected chi connectivity index (χ4v) is 15.5. The van der Waals surface area contributed by atoms with Crippen LogP contribution in [0.4, 0.5) is 15.3 Å². The van der Waals surface area contributed by atoms with Crippen LogP contribution in [0.2, 0.25) is 0 Å². The van der Waals surface area contributed by atoms with Crippen molar-refractivity contribution >= 4 is 94.1 Å². The quantitative estimate of drug-likeness (QED) is 0.0118. The number of hydrogen-bond donors (Lipinski definition) is 6. The Morgan fingerprint density at radius 2 is 1.43 bits per heavy atom. The maximum absolute atomic E-state index is 14.9. The summed E-state index contributed by atoms with van der Waals surface area (Å²) in [5.74, 6) is -8.94. The average Bonchev–Trinajstić information content (AvgIpc) is 0.875. The van der Waals surface area contributed by atoms with Crippen molar-refractivity contribution in [1.82, 2.24) is 30.2 Å². The van der Waals surface area contributed by atoms with E-state index in [9.17, 15) is 67.4 Å². The molecule has 2 heterocycles. The molecule has 13 atom stereocenters. The lowest BCUT2D eigenvalue weighted by molar-refractivity contribution is -0.149. The second-order valence-corrected chi connectivity index (χ2v) is 31.1. The smallest absolute Gasteiger partial charge is 0.410 e. The lowest BCUT2D eigenvalue weighted by Gasteiger charge is -2.41. The number of primary amides is 1. The first-order valence-corrected chi connectivity index (χ1v) is 39.1. The zero-order valence-electron chi connectivity index (χ0n) is 65.6. The number of thioether (sulfide) groups is 1. The first kappa shape index (κ1) is 92.1. The van der Waals surface area contributed by atoms with Gasteiger partial charge in [0.2, 0.25) is 35.4 Å². The average molecular weight is 1530 g/mol. The largest absolute Gasteiger partial charge is 0.481 e. The highest BCUT2D eigenvalue weighted by Gasteiger charge is 2.45. The van der Waals surface area contributed by atoms with Crippen molar-refractivity contribution in [2.75, 3.05) is 65.6 Å². The molecule has 4 rings (SSSR count). The first-order valence-electron chi connectivity index (χ1n) is 38.0. The number of unbranched alkanes of at least 4 members (excludes halogenated alkanes) is 3.